The minimum Gasteiger partial charge on any atom is -0.492 e. The fourth-order valence-electron chi connectivity index (χ4n) is 2.97. The molecule has 0 aliphatic rings. The second kappa shape index (κ2) is 10.0. The van der Waals surface area contributed by atoms with Gasteiger partial charge in [0.15, 0.2) is 5.82 Å². The number of aromatic nitrogens is 4. The van der Waals surface area contributed by atoms with Gasteiger partial charge in [0, 0.05) is 43.2 Å². The van der Waals surface area contributed by atoms with E-state index in [0.717, 1.165) is 22.8 Å². The van der Waals surface area contributed by atoms with E-state index in [4.69, 9.17) is 4.74 Å². The summed E-state index contributed by atoms with van der Waals surface area (Å²) in [7, 11) is 0. The minimum atomic E-state index is -0.278. The minimum absolute atomic E-state index is 0.278. The molecule has 4 aromatic rings. The molecule has 0 radical (unpaired) electrons. The Hall–Kier alpha value is -4.20. The molecule has 156 valence electrons. The topological polar surface area (TPSA) is 94.0 Å². The highest BCUT2D eigenvalue weighted by atomic mass is 16.5. The molecule has 2 N–H and O–H groups in total. The highest BCUT2D eigenvalue weighted by molar-refractivity contribution is 5.89. The van der Waals surface area contributed by atoms with Crippen molar-refractivity contribution < 1.29 is 9.53 Å². The van der Waals surface area contributed by atoms with Crippen LogP contribution in [0.15, 0.2) is 85.6 Å². The van der Waals surface area contributed by atoms with Crippen LogP contribution in [0.3, 0.4) is 0 Å². The molecule has 8 heteroatoms. The van der Waals surface area contributed by atoms with Crippen LogP contribution in [0, 0.1) is 0 Å². The number of pyridine rings is 2. The van der Waals surface area contributed by atoms with Gasteiger partial charge in [0.1, 0.15) is 18.1 Å². The van der Waals surface area contributed by atoms with Crippen LogP contribution in [0.1, 0.15) is 5.56 Å². The Kier molecular flexibility index (Phi) is 6.49. The maximum atomic E-state index is 12.0. The van der Waals surface area contributed by atoms with E-state index in [9.17, 15) is 4.79 Å². The quantitative estimate of drug-likeness (QED) is 0.458. The molecule has 0 aliphatic carbocycles. The van der Waals surface area contributed by atoms with E-state index in [1.165, 1.54) is 0 Å². The first-order valence-electron chi connectivity index (χ1n) is 9.87. The summed E-state index contributed by atoms with van der Waals surface area (Å²) in [6.07, 6.45) is 8.82. The Labute approximate surface area is 180 Å². The number of anilines is 1. The molecule has 0 atom stereocenters. The Morgan fingerprint density at radius 2 is 1.87 bits per heavy atom. The van der Waals surface area contributed by atoms with Crippen molar-refractivity contribution in [2.24, 2.45) is 0 Å². The van der Waals surface area contributed by atoms with E-state index in [-0.39, 0.29) is 6.03 Å². The first kappa shape index (κ1) is 20.1. The standard InChI is InChI=1S/C23H22N6O2/c30-23(27-17-18-4-3-10-24-16-18)28-19-6-8-20(9-7-19)31-15-14-29-13-12-26-22(29)21-5-1-2-11-25-21/h1-13,16H,14-15,17H2,(H2,27,28,30). The third-order valence-electron chi connectivity index (χ3n) is 4.50. The van der Waals surface area contributed by atoms with E-state index in [0.29, 0.717) is 25.4 Å². The Bertz CT molecular complexity index is 1100. The van der Waals surface area contributed by atoms with E-state index >= 15 is 0 Å². The van der Waals surface area contributed by atoms with Gasteiger partial charge in [-0.2, -0.15) is 0 Å². The molecule has 31 heavy (non-hydrogen) atoms. The number of amides is 2. The van der Waals surface area contributed by atoms with E-state index in [1.54, 1.807) is 36.9 Å². The molecule has 8 nitrogen and oxygen atoms in total. The van der Waals surface area contributed by atoms with Gasteiger partial charge in [-0.15, -0.1) is 0 Å². The van der Waals surface area contributed by atoms with Crippen molar-refractivity contribution in [1.29, 1.82) is 0 Å². The molecule has 0 saturated heterocycles. The van der Waals surface area contributed by atoms with Crippen molar-refractivity contribution >= 4 is 11.7 Å². The number of carbonyl (C=O) groups is 1. The van der Waals surface area contributed by atoms with Crippen molar-refractivity contribution in [2.45, 2.75) is 13.1 Å². The van der Waals surface area contributed by atoms with Gasteiger partial charge in [-0.3, -0.25) is 9.97 Å². The molecular weight excluding hydrogens is 392 g/mol. The lowest BCUT2D eigenvalue weighted by molar-refractivity contribution is 0.251. The average Bonchev–Trinajstić information content (AvgIpc) is 3.29. The predicted octanol–water partition coefficient (Wildman–Crippen LogP) is 3.74. The maximum Gasteiger partial charge on any atom is 0.319 e. The first-order chi connectivity index (χ1) is 15.3. The molecule has 0 spiro atoms. The first-order valence-corrected chi connectivity index (χ1v) is 9.87. The van der Waals surface area contributed by atoms with Crippen molar-refractivity contribution in [3.05, 3.63) is 91.1 Å². The zero-order chi connectivity index (χ0) is 21.3. The molecule has 3 heterocycles. The number of hydrogen-bond donors (Lipinski definition) is 2. The van der Waals surface area contributed by atoms with Crippen LogP contribution in [0.4, 0.5) is 10.5 Å². The summed E-state index contributed by atoms with van der Waals surface area (Å²) < 4.78 is 7.84. The van der Waals surface area contributed by atoms with Gasteiger partial charge in [0.2, 0.25) is 0 Å². The van der Waals surface area contributed by atoms with Crippen LogP contribution in [-0.2, 0) is 13.1 Å². The molecule has 1 aromatic carbocycles. The third kappa shape index (κ3) is 5.66. The highest BCUT2D eigenvalue weighted by Crippen LogP contribution is 2.17. The van der Waals surface area contributed by atoms with Crippen LogP contribution in [-0.4, -0.2) is 32.2 Å². The van der Waals surface area contributed by atoms with Gasteiger partial charge in [-0.1, -0.05) is 12.1 Å². The van der Waals surface area contributed by atoms with E-state index in [2.05, 4.69) is 25.6 Å². The lowest BCUT2D eigenvalue weighted by Gasteiger charge is -2.11. The fourth-order valence-corrected chi connectivity index (χ4v) is 2.97. The van der Waals surface area contributed by atoms with Gasteiger partial charge in [0.05, 0.1) is 6.54 Å². The van der Waals surface area contributed by atoms with Gasteiger partial charge >= 0.3 is 6.03 Å². The SMILES string of the molecule is O=C(NCc1cccnc1)Nc1ccc(OCCn2ccnc2-c2ccccn2)cc1. The van der Waals surface area contributed by atoms with Crippen LogP contribution >= 0.6 is 0 Å². The molecule has 0 aliphatic heterocycles. The molecular formula is C23H22N6O2. The Balaban J connectivity index is 1.24. The summed E-state index contributed by atoms with van der Waals surface area (Å²) in [6, 6.07) is 16.5. The normalized spacial score (nSPS) is 10.5. The van der Waals surface area contributed by atoms with Crippen LogP contribution in [0.2, 0.25) is 0 Å². The molecule has 0 bridgehead atoms. The molecule has 0 fully saturated rings. The zero-order valence-electron chi connectivity index (χ0n) is 16.8. The smallest absolute Gasteiger partial charge is 0.319 e. The number of carbonyl (C=O) groups excluding carboxylic acids is 1. The zero-order valence-corrected chi connectivity index (χ0v) is 16.8. The lowest BCUT2D eigenvalue weighted by Crippen LogP contribution is -2.28. The molecule has 2 amide bonds. The second-order valence-electron chi connectivity index (χ2n) is 6.70. The summed E-state index contributed by atoms with van der Waals surface area (Å²) in [6.45, 7) is 1.53. The molecule has 0 unspecified atom stereocenters. The van der Waals surface area contributed by atoms with Gasteiger partial charge in [-0.05, 0) is 48.0 Å². The van der Waals surface area contributed by atoms with Crippen LogP contribution in [0.5, 0.6) is 5.75 Å². The number of nitrogens with zero attached hydrogens (tertiary/aromatic N) is 4. The van der Waals surface area contributed by atoms with Crippen LogP contribution in [0.25, 0.3) is 11.5 Å². The molecule has 0 saturated carbocycles. The van der Waals surface area contributed by atoms with Gasteiger partial charge in [0.25, 0.3) is 0 Å². The average molecular weight is 414 g/mol. The van der Waals surface area contributed by atoms with Crippen molar-refractivity contribution in [3.8, 4) is 17.3 Å². The monoisotopic (exact) mass is 414 g/mol. The lowest BCUT2D eigenvalue weighted by atomic mass is 10.3. The third-order valence-corrected chi connectivity index (χ3v) is 4.50. The fraction of sp³-hybridized carbons (Fsp3) is 0.130. The van der Waals surface area contributed by atoms with E-state index < -0.39 is 0 Å². The number of imidazole rings is 1. The summed E-state index contributed by atoms with van der Waals surface area (Å²) in [5.41, 5.74) is 2.44. The number of nitrogens with one attached hydrogen (secondary N) is 2. The molecule has 4 rings (SSSR count). The summed E-state index contributed by atoms with van der Waals surface area (Å²) >= 11 is 0. The Morgan fingerprint density at radius 1 is 0.968 bits per heavy atom. The Morgan fingerprint density at radius 3 is 2.65 bits per heavy atom. The van der Waals surface area contributed by atoms with Gasteiger partial charge in [-0.25, -0.2) is 9.78 Å². The summed E-state index contributed by atoms with van der Waals surface area (Å²) in [5.74, 6) is 1.53. The molecule has 3 aromatic heterocycles. The largest absolute Gasteiger partial charge is 0.492 e. The summed E-state index contributed by atoms with van der Waals surface area (Å²) in [4.78, 5) is 24.8. The number of ether oxygens (including phenoxy) is 1. The number of rotatable bonds is 8. The summed E-state index contributed by atoms with van der Waals surface area (Å²) in [5, 5.41) is 5.59. The predicted molar refractivity (Wildman–Crippen MR) is 117 cm³/mol. The second-order valence-corrected chi connectivity index (χ2v) is 6.70. The van der Waals surface area contributed by atoms with Crippen molar-refractivity contribution in [2.75, 3.05) is 11.9 Å². The number of benzene rings is 1. The van der Waals surface area contributed by atoms with Crippen LogP contribution < -0.4 is 15.4 Å². The number of hydrogen-bond acceptors (Lipinski definition) is 5. The van der Waals surface area contributed by atoms with Gasteiger partial charge < -0.3 is 19.9 Å². The maximum absolute atomic E-state index is 12.0. The highest BCUT2D eigenvalue weighted by Gasteiger charge is 2.07. The van der Waals surface area contributed by atoms with Crippen molar-refractivity contribution in [3.63, 3.8) is 0 Å². The van der Waals surface area contributed by atoms with E-state index in [1.807, 2.05) is 53.2 Å². The number of urea groups is 1. The van der Waals surface area contributed by atoms with Crippen molar-refractivity contribution in [1.82, 2.24) is 24.8 Å².